The Kier molecular flexibility index (Phi) is 6.37. The van der Waals surface area contributed by atoms with E-state index < -0.39 is 11.9 Å². The zero-order valence-electron chi connectivity index (χ0n) is 14.0. The van der Waals surface area contributed by atoms with Crippen molar-refractivity contribution in [2.24, 2.45) is 0 Å². The Morgan fingerprint density at radius 1 is 1.25 bits per heavy atom. The van der Waals surface area contributed by atoms with Crippen LogP contribution in [0.2, 0.25) is 0 Å². The van der Waals surface area contributed by atoms with Crippen molar-refractivity contribution in [3.63, 3.8) is 0 Å². The van der Waals surface area contributed by atoms with Crippen molar-refractivity contribution in [2.45, 2.75) is 26.7 Å². The molecule has 1 amide bonds. The average Bonchev–Trinajstić information content (AvgIpc) is 2.94. The van der Waals surface area contributed by atoms with Crippen molar-refractivity contribution in [1.29, 1.82) is 0 Å². The molecule has 24 heavy (non-hydrogen) atoms. The number of aryl methyl sites for hydroxylation is 2. The maximum absolute atomic E-state index is 12.1. The monoisotopic (exact) mass is 347 g/mol. The standard InChI is InChI=1S/C18H21NO4S/c1-4-7-13-10-16(24-12(13)2)18(21)23-11-17(20)19-14-8-5-6-9-15(14)22-3/h5-6,8-10H,4,7,11H2,1-3H3,(H,19,20). The molecule has 0 saturated heterocycles. The first-order valence-corrected chi connectivity index (χ1v) is 8.56. The summed E-state index contributed by atoms with van der Waals surface area (Å²) >= 11 is 1.40. The van der Waals surface area contributed by atoms with E-state index in [1.807, 2.05) is 19.1 Å². The molecule has 0 bridgehead atoms. The van der Waals surface area contributed by atoms with Crippen LogP contribution in [0, 0.1) is 6.92 Å². The lowest BCUT2D eigenvalue weighted by molar-refractivity contribution is -0.119. The van der Waals surface area contributed by atoms with E-state index in [0.29, 0.717) is 16.3 Å². The minimum atomic E-state index is -0.472. The zero-order valence-corrected chi connectivity index (χ0v) is 14.9. The number of hydrogen-bond acceptors (Lipinski definition) is 5. The van der Waals surface area contributed by atoms with Gasteiger partial charge < -0.3 is 14.8 Å². The highest BCUT2D eigenvalue weighted by Gasteiger charge is 2.15. The Hall–Kier alpha value is -2.34. The third-order valence-electron chi connectivity index (χ3n) is 3.46. The second-order valence-electron chi connectivity index (χ2n) is 5.27. The molecule has 0 fully saturated rings. The van der Waals surface area contributed by atoms with Gasteiger partial charge in [-0.2, -0.15) is 0 Å². The van der Waals surface area contributed by atoms with Crippen LogP contribution in [0.5, 0.6) is 5.75 Å². The number of esters is 1. The normalized spacial score (nSPS) is 10.3. The molecule has 1 N–H and O–H groups in total. The molecular weight excluding hydrogens is 326 g/mol. The number of benzene rings is 1. The maximum Gasteiger partial charge on any atom is 0.348 e. The van der Waals surface area contributed by atoms with Gasteiger partial charge in [-0.3, -0.25) is 4.79 Å². The molecule has 1 heterocycles. The Morgan fingerprint density at radius 2 is 2.00 bits per heavy atom. The Bertz CT molecular complexity index is 724. The molecule has 0 aliphatic carbocycles. The third kappa shape index (κ3) is 4.58. The van der Waals surface area contributed by atoms with E-state index in [2.05, 4.69) is 12.2 Å². The van der Waals surface area contributed by atoms with Gasteiger partial charge in [-0.15, -0.1) is 11.3 Å². The molecule has 0 unspecified atom stereocenters. The van der Waals surface area contributed by atoms with Crippen LogP contribution in [0.1, 0.15) is 33.5 Å². The topological polar surface area (TPSA) is 64.6 Å². The predicted molar refractivity (Wildman–Crippen MR) is 95.0 cm³/mol. The van der Waals surface area contributed by atoms with Crippen LogP contribution in [0.15, 0.2) is 30.3 Å². The smallest absolute Gasteiger partial charge is 0.348 e. The fraction of sp³-hybridized carbons (Fsp3) is 0.333. The van der Waals surface area contributed by atoms with Crippen LogP contribution in [0.3, 0.4) is 0 Å². The first-order chi connectivity index (χ1) is 11.5. The number of methoxy groups -OCH3 is 1. The van der Waals surface area contributed by atoms with Crippen LogP contribution in [0.25, 0.3) is 0 Å². The number of carbonyl (C=O) groups is 2. The van der Waals surface area contributed by atoms with Crippen LogP contribution in [-0.4, -0.2) is 25.6 Å². The van der Waals surface area contributed by atoms with Crippen molar-refractivity contribution >= 4 is 28.9 Å². The SMILES string of the molecule is CCCc1cc(C(=O)OCC(=O)Nc2ccccc2OC)sc1C. The van der Waals surface area contributed by atoms with Gasteiger partial charge >= 0.3 is 5.97 Å². The van der Waals surface area contributed by atoms with E-state index >= 15 is 0 Å². The quantitative estimate of drug-likeness (QED) is 0.774. The number of nitrogens with one attached hydrogen (secondary N) is 1. The minimum absolute atomic E-state index is 0.336. The van der Waals surface area contributed by atoms with Crippen LogP contribution in [-0.2, 0) is 16.0 Å². The van der Waals surface area contributed by atoms with E-state index in [9.17, 15) is 9.59 Å². The van der Waals surface area contributed by atoms with E-state index in [1.54, 1.807) is 18.2 Å². The molecule has 0 aliphatic heterocycles. The molecule has 1 aromatic carbocycles. The Balaban J connectivity index is 1.91. The fourth-order valence-corrected chi connectivity index (χ4v) is 3.24. The number of carbonyl (C=O) groups excluding carboxylic acids is 2. The number of anilines is 1. The summed E-state index contributed by atoms with van der Waals surface area (Å²) in [6.07, 6.45) is 1.96. The van der Waals surface area contributed by atoms with Gasteiger partial charge in [-0.1, -0.05) is 25.5 Å². The summed E-state index contributed by atoms with van der Waals surface area (Å²) in [4.78, 5) is 25.7. The third-order valence-corrected chi connectivity index (χ3v) is 4.53. The van der Waals surface area contributed by atoms with Gasteiger partial charge in [0.2, 0.25) is 0 Å². The molecule has 0 saturated carbocycles. The molecule has 5 nitrogen and oxygen atoms in total. The molecule has 2 aromatic rings. The molecular formula is C18H21NO4S. The summed E-state index contributed by atoms with van der Waals surface area (Å²) in [5.41, 5.74) is 1.70. The molecule has 2 rings (SSSR count). The van der Waals surface area contributed by atoms with Crippen molar-refractivity contribution in [2.75, 3.05) is 19.0 Å². The summed E-state index contributed by atoms with van der Waals surface area (Å²) in [5, 5.41) is 2.67. The average molecular weight is 347 g/mol. The Labute approximate surface area is 145 Å². The number of ether oxygens (including phenoxy) is 2. The van der Waals surface area contributed by atoms with E-state index in [0.717, 1.165) is 23.3 Å². The van der Waals surface area contributed by atoms with E-state index in [-0.39, 0.29) is 6.61 Å². The summed E-state index contributed by atoms with van der Waals surface area (Å²) in [7, 11) is 1.53. The van der Waals surface area contributed by atoms with E-state index in [4.69, 9.17) is 9.47 Å². The van der Waals surface area contributed by atoms with Crippen molar-refractivity contribution in [3.8, 4) is 5.75 Å². The van der Waals surface area contributed by atoms with Crippen molar-refractivity contribution in [3.05, 3.63) is 45.6 Å². The number of thiophene rings is 1. The van der Waals surface area contributed by atoms with Gasteiger partial charge in [0, 0.05) is 4.88 Å². The lowest BCUT2D eigenvalue weighted by atomic mass is 10.1. The zero-order chi connectivity index (χ0) is 17.5. The van der Waals surface area contributed by atoms with Crippen molar-refractivity contribution < 1.29 is 19.1 Å². The minimum Gasteiger partial charge on any atom is -0.495 e. The number of para-hydroxylation sites is 2. The molecule has 0 spiro atoms. The number of rotatable bonds is 7. The second-order valence-corrected chi connectivity index (χ2v) is 6.52. The second kappa shape index (κ2) is 8.49. The van der Waals surface area contributed by atoms with Gasteiger partial charge in [0.05, 0.1) is 12.8 Å². The molecule has 0 atom stereocenters. The van der Waals surface area contributed by atoms with Gasteiger partial charge in [0.1, 0.15) is 10.6 Å². The highest BCUT2D eigenvalue weighted by atomic mass is 32.1. The molecule has 1 aromatic heterocycles. The van der Waals surface area contributed by atoms with Crippen LogP contribution < -0.4 is 10.1 Å². The fourth-order valence-electron chi connectivity index (χ4n) is 2.27. The van der Waals surface area contributed by atoms with Crippen molar-refractivity contribution in [1.82, 2.24) is 0 Å². The van der Waals surface area contributed by atoms with E-state index in [1.165, 1.54) is 18.4 Å². The number of amides is 1. The lowest BCUT2D eigenvalue weighted by Crippen LogP contribution is -2.20. The molecule has 128 valence electrons. The van der Waals surface area contributed by atoms with Gasteiger partial charge in [-0.05, 0) is 37.1 Å². The highest BCUT2D eigenvalue weighted by molar-refractivity contribution is 7.14. The molecule has 0 aliphatic rings. The summed E-state index contributed by atoms with van der Waals surface area (Å²) in [6, 6.07) is 8.91. The lowest BCUT2D eigenvalue weighted by Gasteiger charge is -2.09. The highest BCUT2D eigenvalue weighted by Crippen LogP contribution is 2.24. The first kappa shape index (κ1) is 18.0. The summed E-state index contributed by atoms with van der Waals surface area (Å²) < 4.78 is 10.3. The van der Waals surface area contributed by atoms with Gasteiger partial charge in [0.15, 0.2) is 6.61 Å². The molecule has 0 radical (unpaired) electrons. The van der Waals surface area contributed by atoms with Crippen LogP contribution >= 0.6 is 11.3 Å². The van der Waals surface area contributed by atoms with Gasteiger partial charge in [0.25, 0.3) is 5.91 Å². The largest absolute Gasteiger partial charge is 0.495 e. The number of hydrogen-bond donors (Lipinski definition) is 1. The maximum atomic E-state index is 12.1. The summed E-state index contributed by atoms with van der Waals surface area (Å²) in [5.74, 6) is -0.328. The van der Waals surface area contributed by atoms with Gasteiger partial charge in [-0.25, -0.2) is 4.79 Å². The molecule has 6 heteroatoms. The Morgan fingerprint density at radius 3 is 2.71 bits per heavy atom. The van der Waals surface area contributed by atoms with Crippen LogP contribution in [0.4, 0.5) is 5.69 Å². The predicted octanol–water partition coefficient (Wildman–Crippen LogP) is 3.81. The first-order valence-electron chi connectivity index (χ1n) is 7.74. The summed E-state index contributed by atoms with van der Waals surface area (Å²) in [6.45, 7) is 3.75.